The lowest BCUT2D eigenvalue weighted by Crippen LogP contribution is -2.35. The number of aromatic nitrogens is 4. The molecule has 1 aliphatic heterocycles. The average molecular weight is 362 g/mol. The number of nitrogens with one attached hydrogen (secondary N) is 1. The summed E-state index contributed by atoms with van der Waals surface area (Å²) in [6, 6.07) is 3.92. The molecule has 0 bridgehead atoms. The van der Waals surface area contributed by atoms with E-state index in [1.54, 1.807) is 22.2 Å². The van der Waals surface area contributed by atoms with Crippen molar-refractivity contribution in [1.82, 2.24) is 24.6 Å². The van der Waals surface area contributed by atoms with Crippen molar-refractivity contribution in [2.24, 2.45) is 7.05 Å². The van der Waals surface area contributed by atoms with Crippen molar-refractivity contribution in [3.8, 4) is 10.7 Å². The largest absolute Gasteiger partial charge is 0.306 e. The molecule has 0 unspecified atom stereocenters. The standard InChI is InChI=1S/C16H16ClN5OS/c1-21-8-11(17)13(20-21)9-22-5-4-12-10(7-22)16(23)19-15(18-12)14-3-2-6-24-14/h2-3,6,8H,4-5,7,9H2,1H3,(H,18,19,23). The van der Waals surface area contributed by atoms with E-state index in [4.69, 9.17) is 11.6 Å². The molecule has 0 amide bonds. The van der Waals surface area contributed by atoms with Crippen molar-refractivity contribution in [2.45, 2.75) is 19.5 Å². The molecule has 24 heavy (non-hydrogen) atoms. The number of halogens is 1. The summed E-state index contributed by atoms with van der Waals surface area (Å²) in [5.41, 5.74) is 2.42. The Kier molecular flexibility index (Phi) is 3.99. The fourth-order valence-corrected chi connectivity index (χ4v) is 3.88. The van der Waals surface area contributed by atoms with E-state index in [1.165, 1.54) is 0 Å². The summed E-state index contributed by atoms with van der Waals surface area (Å²) in [5.74, 6) is 0.662. The average Bonchev–Trinajstić information content (AvgIpc) is 3.18. The normalized spacial score (nSPS) is 14.8. The van der Waals surface area contributed by atoms with Gasteiger partial charge < -0.3 is 4.98 Å². The molecule has 4 rings (SSSR count). The lowest BCUT2D eigenvalue weighted by atomic mass is 10.1. The minimum atomic E-state index is -0.0554. The quantitative estimate of drug-likeness (QED) is 0.778. The van der Waals surface area contributed by atoms with Crippen LogP contribution in [0.15, 0.2) is 28.5 Å². The summed E-state index contributed by atoms with van der Waals surface area (Å²) in [5, 5.41) is 7.01. The highest BCUT2D eigenvalue weighted by atomic mass is 35.5. The molecule has 3 aromatic rings. The minimum Gasteiger partial charge on any atom is -0.306 e. The highest BCUT2D eigenvalue weighted by Crippen LogP contribution is 2.23. The molecule has 0 saturated heterocycles. The first-order chi connectivity index (χ1) is 11.6. The van der Waals surface area contributed by atoms with Crippen molar-refractivity contribution < 1.29 is 0 Å². The molecule has 0 saturated carbocycles. The van der Waals surface area contributed by atoms with Gasteiger partial charge >= 0.3 is 0 Å². The Balaban J connectivity index is 1.59. The zero-order valence-corrected chi connectivity index (χ0v) is 14.7. The van der Waals surface area contributed by atoms with Gasteiger partial charge in [-0.1, -0.05) is 17.7 Å². The van der Waals surface area contributed by atoms with Crippen LogP contribution in [0.2, 0.25) is 5.02 Å². The van der Waals surface area contributed by atoms with Crippen molar-refractivity contribution >= 4 is 22.9 Å². The van der Waals surface area contributed by atoms with E-state index in [0.29, 0.717) is 23.9 Å². The fraction of sp³-hybridized carbons (Fsp3) is 0.312. The Morgan fingerprint density at radius 1 is 1.46 bits per heavy atom. The lowest BCUT2D eigenvalue weighted by molar-refractivity contribution is 0.238. The van der Waals surface area contributed by atoms with Gasteiger partial charge in [0.2, 0.25) is 0 Å². The van der Waals surface area contributed by atoms with Crippen LogP contribution < -0.4 is 5.56 Å². The Morgan fingerprint density at radius 3 is 3.04 bits per heavy atom. The van der Waals surface area contributed by atoms with Crippen molar-refractivity contribution in [1.29, 1.82) is 0 Å². The molecule has 0 fully saturated rings. The van der Waals surface area contributed by atoms with Crippen LogP contribution in [0.3, 0.4) is 0 Å². The Bertz CT molecular complexity index is 931. The third-order valence-electron chi connectivity index (χ3n) is 4.13. The van der Waals surface area contributed by atoms with E-state index in [-0.39, 0.29) is 5.56 Å². The first-order valence-corrected chi connectivity index (χ1v) is 8.92. The summed E-state index contributed by atoms with van der Waals surface area (Å²) < 4.78 is 1.71. The van der Waals surface area contributed by atoms with Crippen LogP contribution in [-0.4, -0.2) is 31.2 Å². The van der Waals surface area contributed by atoms with Crippen molar-refractivity contribution in [3.63, 3.8) is 0 Å². The fourth-order valence-electron chi connectivity index (χ4n) is 2.97. The van der Waals surface area contributed by atoms with Crippen molar-refractivity contribution in [3.05, 3.63) is 56.0 Å². The topological polar surface area (TPSA) is 66.8 Å². The van der Waals surface area contributed by atoms with Crippen LogP contribution >= 0.6 is 22.9 Å². The van der Waals surface area contributed by atoms with E-state index < -0.39 is 0 Å². The van der Waals surface area contributed by atoms with Gasteiger partial charge in [0.05, 0.1) is 26.9 Å². The predicted octanol–water partition coefficient (Wildman–Crippen LogP) is 2.44. The van der Waals surface area contributed by atoms with Gasteiger partial charge in [0.15, 0.2) is 5.82 Å². The number of thiophene rings is 1. The molecule has 0 radical (unpaired) electrons. The van der Waals surface area contributed by atoms with Crippen LogP contribution in [0.5, 0.6) is 0 Å². The van der Waals surface area contributed by atoms with Gasteiger partial charge in [0.1, 0.15) is 0 Å². The number of nitrogens with zero attached hydrogens (tertiary/aromatic N) is 4. The number of hydrogen-bond acceptors (Lipinski definition) is 5. The van der Waals surface area contributed by atoms with Gasteiger partial charge in [-0.15, -0.1) is 11.3 Å². The third-order valence-corrected chi connectivity index (χ3v) is 5.32. The number of rotatable bonds is 3. The van der Waals surface area contributed by atoms with Gasteiger partial charge in [-0.05, 0) is 11.4 Å². The van der Waals surface area contributed by atoms with Crippen LogP contribution in [0.25, 0.3) is 10.7 Å². The molecule has 8 heteroatoms. The Morgan fingerprint density at radius 2 is 2.33 bits per heavy atom. The summed E-state index contributed by atoms with van der Waals surface area (Å²) in [7, 11) is 1.85. The van der Waals surface area contributed by atoms with Gasteiger partial charge in [-0.3, -0.25) is 14.4 Å². The molecule has 0 spiro atoms. The monoisotopic (exact) mass is 361 g/mol. The molecular weight excluding hydrogens is 346 g/mol. The maximum atomic E-state index is 12.5. The molecule has 4 heterocycles. The van der Waals surface area contributed by atoms with E-state index in [9.17, 15) is 4.79 Å². The molecule has 1 aliphatic rings. The molecule has 1 N–H and O–H groups in total. The number of aryl methyl sites for hydroxylation is 1. The zero-order chi connectivity index (χ0) is 16.7. The van der Waals surface area contributed by atoms with E-state index in [2.05, 4.69) is 20.0 Å². The minimum absolute atomic E-state index is 0.0554. The third kappa shape index (κ3) is 2.90. The summed E-state index contributed by atoms with van der Waals surface area (Å²) in [6.45, 7) is 2.03. The zero-order valence-electron chi connectivity index (χ0n) is 13.1. The summed E-state index contributed by atoms with van der Waals surface area (Å²) in [6.07, 6.45) is 2.54. The molecule has 124 valence electrons. The predicted molar refractivity (Wildman–Crippen MR) is 94.2 cm³/mol. The van der Waals surface area contributed by atoms with Crippen LogP contribution in [0.1, 0.15) is 17.0 Å². The lowest BCUT2D eigenvalue weighted by Gasteiger charge is -2.27. The molecule has 0 atom stereocenters. The molecule has 0 aromatic carbocycles. The second kappa shape index (κ2) is 6.16. The molecule has 3 aromatic heterocycles. The highest BCUT2D eigenvalue weighted by Gasteiger charge is 2.23. The summed E-state index contributed by atoms with van der Waals surface area (Å²) >= 11 is 7.76. The number of fused-ring (bicyclic) bond motifs is 1. The Hall–Kier alpha value is -1.96. The second-order valence-electron chi connectivity index (χ2n) is 5.88. The summed E-state index contributed by atoms with van der Waals surface area (Å²) in [4.78, 5) is 23.2. The van der Waals surface area contributed by atoms with Gasteiger partial charge in [-0.25, -0.2) is 4.98 Å². The first-order valence-electron chi connectivity index (χ1n) is 7.66. The SMILES string of the molecule is Cn1cc(Cl)c(CN2CCc3nc(-c4cccs4)[nH]c(=O)c3C2)n1. The van der Waals surface area contributed by atoms with Crippen LogP contribution in [-0.2, 0) is 26.6 Å². The smallest absolute Gasteiger partial charge is 0.255 e. The highest BCUT2D eigenvalue weighted by molar-refractivity contribution is 7.13. The van der Waals surface area contributed by atoms with E-state index >= 15 is 0 Å². The molecule has 0 aliphatic carbocycles. The maximum absolute atomic E-state index is 12.5. The molecular formula is C16H16ClN5OS. The maximum Gasteiger partial charge on any atom is 0.255 e. The van der Waals surface area contributed by atoms with Gasteiger partial charge in [-0.2, -0.15) is 5.10 Å². The number of aromatic amines is 1. The molecule has 6 nitrogen and oxygen atoms in total. The Labute approximate surface area is 147 Å². The first kappa shape index (κ1) is 15.6. The van der Waals surface area contributed by atoms with Crippen LogP contribution in [0.4, 0.5) is 0 Å². The number of H-pyrrole nitrogens is 1. The van der Waals surface area contributed by atoms with Gasteiger partial charge in [0, 0.05) is 39.3 Å². The van der Waals surface area contributed by atoms with Crippen molar-refractivity contribution in [2.75, 3.05) is 6.54 Å². The number of hydrogen-bond donors (Lipinski definition) is 1. The van der Waals surface area contributed by atoms with E-state index in [1.807, 2.05) is 24.6 Å². The van der Waals surface area contributed by atoms with E-state index in [0.717, 1.165) is 34.8 Å². The second-order valence-corrected chi connectivity index (χ2v) is 7.23. The van der Waals surface area contributed by atoms with Gasteiger partial charge in [0.25, 0.3) is 5.56 Å². The van der Waals surface area contributed by atoms with Crippen LogP contribution in [0, 0.1) is 0 Å².